The Bertz CT molecular complexity index is 1350. The van der Waals surface area contributed by atoms with Gasteiger partial charge in [-0.2, -0.15) is 0 Å². The van der Waals surface area contributed by atoms with E-state index in [1.165, 1.54) is 16.6 Å². The Balaban J connectivity index is 1.57. The van der Waals surface area contributed by atoms with E-state index in [0.29, 0.717) is 5.16 Å². The summed E-state index contributed by atoms with van der Waals surface area (Å²) in [5, 5.41) is 0.887. The first-order chi connectivity index (χ1) is 15.5. The van der Waals surface area contributed by atoms with Crippen LogP contribution in [-0.2, 0) is 17.6 Å². The molecule has 0 saturated carbocycles. The summed E-state index contributed by atoms with van der Waals surface area (Å²) in [6, 6.07) is 19.1. The van der Waals surface area contributed by atoms with Crippen molar-refractivity contribution in [3.8, 4) is 5.69 Å². The first-order valence-electron chi connectivity index (χ1n) is 10.7. The minimum absolute atomic E-state index is 0.0381. The van der Waals surface area contributed by atoms with Gasteiger partial charge < -0.3 is 4.90 Å². The molecule has 162 valence electrons. The Kier molecular flexibility index (Phi) is 5.61. The summed E-state index contributed by atoms with van der Waals surface area (Å²) in [6.45, 7) is 1.87. The second-order valence-electron chi connectivity index (χ2n) is 7.90. The van der Waals surface area contributed by atoms with E-state index < -0.39 is 5.25 Å². The van der Waals surface area contributed by atoms with Gasteiger partial charge in [0.1, 0.15) is 4.83 Å². The second kappa shape index (κ2) is 8.56. The summed E-state index contributed by atoms with van der Waals surface area (Å²) < 4.78 is 1.67. The Hall–Kier alpha value is -2.90. The average Bonchev–Trinajstić information content (AvgIpc) is 3.40. The van der Waals surface area contributed by atoms with E-state index in [9.17, 15) is 9.59 Å². The molecule has 1 atom stereocenters. The minimum atomic E-state index is -0.411. The number of hydrogen-bond donors (Lipinski definition) is 0. The number of amides is 1. The summed E-state index contributed by atoms with van der Waals surface area (Å²) in [7, 11) is 1.78. The molecule has 0 fully saturated rings. The third-order valence-electron chi connectivity index (χ3n) is 5.83. The molecule has 2 heterocycles. The van der Waals surface area contributed by atoms with Crippen LogP contribution in [0.3, 0.4) is 0 Å². The SMILES string of the molecule is CC(Sc1nc2sc3c(c2c(=O)n1-c1ccccc1)CCC3)C(=O)N(C)c1ccccc1. The number of hydrogen-bond acceptors (Lipinski definition) is 5. The Morgan fingerprint density at radius 2 is 1.78 bits per heavy atom. The van der Waals surface area contributed by atoms with E-state index in [2.05, 4.69) is 0 Å². The van der Waals surface area contributed by atoms with Crippen LogP contribution in [0, 0.1) is 0 Å². The maximum atomic E-state index is 13.7. The van der Waals surface area contributed by atoms with Gasteiger partial charge in [-0.15, -0.1) is 11.3 Å². The number of anilines is 1. The molecule has 0 aliphatic heterocycles. The largest absolute Gasteiger partial charge is 0.315 e. The van der Waals surface area contributed by atoms with E-state index in [1.54, 1.807) is 27.9 Å². The number of carbonyl (C=O) groups is 1. The van der Waals surface area contributed by atoms with Crippen molar-refractivity contribution in [2.45, 2.75) is 36.6 Å². The minimum Gasteiger partial charge on any atom is -0.315 e. The number of aryl methyl sites for hydroxylation is 2. The lowest BCUT2D eigenvalue weighted by molar-refractivity contribution is -0.117. The molecule has 0 saturated heterocycles. The van der Waals surface area contributed by atoms with E-state index >= 15 is 0 Å². The molecule has 1 unspecified atom stereocenters. The molecule has 1 amide bonds. The average molecular weight is 462 g/mol. The van der Waals surface area contributed by atoms with Gasteiger partial charge >= 0.3 is 0 Å². The number of fused-ring (bicyclic) bond motifs is 3. The van der Waals surface area contributed by atoms with Crippen molar-refractivity contribution in [2.24, 2.45) is 0 Å². The van der Waals surface area contributed by atoms with Crippen LogP contribution in [0.4, 0.5) is 5.69 Å². The zero-order valence-electron chi connectivity index (χ0n) is 17.9. The number of carbonyl (C=O) groups excluding carboxylic acids is 1. The molecule has 0 radical (unpaired) electrons. The van der Waals surface area contributed by atoms with E-state index in [1.807, 2.05) is 67.6 Å². The molecule has 5 nitrogen and oxygen atoms in total. The number of nitrogens with zero attached hydrogens (tertiary/aromatic N) is 3. The topological polar surface area (TPSA) is 55.2 Å². The number of thiophene rings is 1. The normalized spacial score (nSPS) is 13.8. The quantitative estimate of drug-likeness (QED) is 0.307. The second-order valence-corrected chi connectivity index (χ2v) is 10.3. The van der Waals surface area contributed by atoms with Crippen molar-refractivity contribution in [1.29, 1.82) is 0 Å². The number of para-hydroxylation sites is 2. The predicted octanol–water partition coefficient (Wildman–Crippen LogP) is 5.08. The molecule has 2 aromatic heterocycles. The van der Waals surface area contributed by atoms with Crippen LogP contribution in [-0.4, -0.2) is 27.8 Å². The molecule has 0 spiro atoms. The van der Waals surface area contributed by atoms with Gasteiger partial charge in [-0.25, -0.2) is 4.98 Å². The van der Waals surface area contributed by atoms with Crippen LogP contribution < -0.4 is 10.5 Å². The fourth-order valence-electron chi connectivity index (χ4n) is 4.17. The van der Waals surface area contributed by atoms with Crippen LogP contribution in [0.5, 0.6) is 0 Å². The Morgan fingerprint density at radius 1 is 1.09 bits per heavy atom. The lowest BCUT2D eigenvalue weighted by atomic mass is 10.2. The molecule has 0 bridgehead atoms. The monoisotopic (exact) mass is 461 g/mol. The lowest BCUT2D eigenvalue weighted by Gasteiger charge is -2.22. The van der Waals surface area contributed by atoms with E-state index in [4.69, 9.17) is 4.98 Å². The van der Waals surface area contributed by atoms with Gasteiger partial charge in [0.15, 0.2) is 5.16 Å². The van der Waals surface area contributed by atoms with Gasteiger partial charge in [-0.05, 0) is 56.0 Å². The van der Waals surface area contributed by atoms with Crippen molar-refractivity contribution in [1.82, 2.24) is 9.55 Å². The van der Waals surface area contributed by atoms with Crippen molar-refractivity contribution >= 4 is 44.9 Å². The smallest absolute Gasteiger partial charge is 0.267 e. The maximum absolute atomic E-state index is 13.7. The van der Waals surface area contributed by atoms with Crippen molar-refractivity contribution in [2.75, 3.05) is 11.9 Å². The van der Waals surface area contributed by atoms with Crippen LogP contribution in [0.15, 0.2) is 70.6 Å². The van der Waals surface area contributed by atoms with Crippen molar-refractivity contribution < 1.29 is 4.79 Å². The number of benzene rings is 2. The van der Waals surface area contributed by atoms with E-state index in [0.717, 1.165) is 46.4 Å². The third-order valence-corrected chi connectivity index (χ3v) is 8.05. The highest BCUT2D eigenvalue weighted by Gasteiger charge is 2.27. The number of aromatic nitrogens is 2. The fraction of sp³-hybridized carbons (Fsp3) is 0.240. The van der Waals surface area contributed by atoms with E-state index in [-0.39, 0.29) is 11.5 Å². The zero-order valence-corrected chi connectivity index (χ0v) is 19.6. The molecule has 4 aromatic rings. The summed E-state index contributed by atoms with van der Waals surface area (Å²) >= 11 is 2.96. The van der Waals surface area contributed by atoms with Gasteiger partial charge in [0.2, 0.25) is 5.91 Å². The summed E-state index contributed by atoms with van der Waals surface area (Å²) in [6.07, 6.45) is 3.04. The summed E-state index contributed by atoms with van der Waals surface area (Å²) in [5.74, 6) is -0.0381. The van der Waals surface area contributed by atoms with Gasteiger partial charge in [-0.3, -0.25) is 14.2 Å². The van der Waals surface area contributed by atoms with Gasteiger partial charge in [0.05, 0.1) is 16.3 Å². The third kappa shape index (κ3) is 3.65. The lowest BCUT2D eigenvalue weighted by Crippen LogP contribution is -2.33. The molecule has 2 aromatic carbocycles. The maximum Gasteiger partial charge on any atom is 0.267 e. The molecule has 32 heavy (non-hydrogen) atoms. The molecule has 7 heteroatoms. The highest BCUT2D eigenvalue weighted by atomic mass is 32.2. The molecule has 1 aliphatic carbocycles. The van der Waals surface area contributed by atoms with Crippen LogP contribution in [0.1, 0.15) is 23.8 Å². The van der Waals surface area contributed by atoms with Gasteiger partial charge in [0.25, 0.3) is 5.56 Å². The summed E-state index contributed by atoms with van der Waals surface area (Å²) in [5.41, 5.74) is 2.72. The predicted molar refractivity (Wildman–Crippen MR) is 132 cm³/mol. The first kappa shape index (κ1) is 21.0. The summed E-state index contributed by atoms with van der Waals surface area (Å²) in [4.78, 5) is 35.5. The molecule has 1 aliphatic rings. The van der Waals surface area contributed by atoms with Crippen LogP contribution in [0.2, 0.25) is 0 Å². The first-order valence-corrected chi connectivity index (χ1v) is 12.4. The zero-order chi connectivity index (χ0) is 22.2. The number of rotatable bonds is 5. The van der Waals surface area contributed by atoms with Crippen molar-refractivity contribution in [3.05, 3.63) is 81.5 Å². The Morgan fingerprint density at radius 3 is 2.50 bits per heavy atom. The fourth-order valence-corrected chi connectivity index (χ4v) is 6.49. The van der Waals surface area contributed by atoms with Crippen LogP contribution in [0.25, 0.3) is 15.9 Å². The molecule has 5 rings (SSSR count). The van der Waals surface area contributed by atoms with Gasteiger partial charge in [0, 0.05) is 17.6 Å². The van der Waals surface area contributed by atoms with Gasteiger partial charge in [-0.1, -0.05) is 48.2 Å². The highest BCUT2D eigenvalue weighted by molar-refractivity contribution is 8.00. The van der Waals surface area contributed by atoms with Crippen molar-refractivity contribution in [3.63, 3.8) is 0 Å². The molecular weight excluding hydrogens is 438 g/mol. The highest BCUT2D eigenvalue weighted by Crippen LogP contribution is 2.36. The Labute approximate surface area is 194 Å². The molecule has 0 N–H and O–H groups in total. The molecular formula is C25H23N3O2S2. The standard InChI is InChI=1S/C25H23N3O2S2/c1-16(23(29)27(2)17-10-5-3-6-11-17)31-25-26-22-21(19-14-9-15-20(19)32-22)24(30)28(25)18-12-7-4-8-13-18/h3-8,10-13,16H,9,14-15H2,1-2H3. The van der Waals surface area contributed by atoms with Crippen LogP contribution >= 0.6 is 23.1 Å². The number of thioether (sulfide) groups is 1.